The Bertz CT molecular complexity index is 211. The van der Waals surface area contributed by atoms with E-state index in [1.54, 1.807) is 27.7 Å². The van der Waals surface area contributed by atoms with Crippen molar-refractivity contribution < 1.29 is 9.53 Å². The summed E-state index contributed by atoms with van der Waals surface area (Å²) in [6, 6.07) is -0.188. The molecule has 0 radical (unpaired) electrons. The predicted octanol–water partition coefficient (Wildman–Crippen LogP) is 2.76. The van der Waals surface area contributed by atoms with Crippen LogP contribution < -0.4 is 0 Å². The highest BCUT2D eigenvalue weighted by Gasteiger charge is 2.13. The molecule has 0 heterocycles. The molecule has 1 unspecified atom stereocenters. The Morgan fingerprint density at radius 2 is 2.14 bits per heavy atom. The number of rotatable bonds is 5. The normalized spacial score (nSPS) is 14.4. The summed E-state index contributed by atoms with van der Waals surface area (Å²) >= 11 is 5.80. The minimum absolute atomic E-state index is 0.188. The molecular formula is C9H17ClN2O2. The maximum atomic E-state index is 11.0. The van der Waals surface area contributed by atoms with E-state index in [0.29, 0.717) is 6.61 Å². The number of esters is 1. The summed E-state index contributed by atoms with van der Waals surface area (Å²) in [6.07, 6.45) is 0.240. The van der Waals surface area contributed by atoms with E-state index in [1.165, 1.54) is 0 Å². The van der Waals surface area contributed by atoms with Crippen LogP contribution in [0.1, 0.15) is 34.1 Å². The molecule has 0 aliphatic carbocycles. The second-order valence-electron chi connectivity index (χ2n) is 3.48. The maximum absolute atomic E-state index is 11.0. The van der Waals surface area contributed by atoms with Gasteiger partial charge in [-0.15, -0.1) is 0 Å². The van der Waals surface area contributed by atoms with E-state index in [4.69, 9.17) is 16.3 Å². The third-order valence-electron chi connectivity index (χ3n) is 1.26. The Morgan fingerprint density at radius 3 is 2.57 bits per heavy atom. The molecule has 0 aromatic rings. The van der Waals surface area contributed by atoms with Gasteiger partial charge in [-0.25, -0.2) is 0 Å². The summed E-state index contributed by atoms with van der Waals surface area (Å²) < 4.78 is 4.77. The number of halogens is 1. The molecule has 0 saturated carbocycles. The number of alkyl halides is 1. The standard InChI is InChI=1S/C9H17ClN2O2/c1-5-14-8(13)6-7(2)11-12-9(3,4)10/h7H,5-6H2,1-4H3. The average molecular weight is 221 g/mol. The first-order valence-corrected chi connectivity index (χ1v) is 4.99. The van der Waals surface area contributed by atoms with Crippen molar-refractivity contribution in [1.82, 2.24) is 0 Å². The number of carbonyl (C=O) groups excluding carboxylic acids is 1. The molecule has 0 aliphatic heterocycles. The minimum Gasteiger partial charge on any atom is -0.466 e. The minimum atomic E-state index is -0.705. The van der Waals surface area contributed by atoms with Gasteiger partial charge in [-0.2, -0.15) is 10.2 Å². The smallest absolute Gasteiger partial charge is 0.308 e. The molecule has 82 valence electrons. The van der Waals surface area contributed by atoms with Gasteiger partial charge in [0.1, 0.15) is 5.00 Å². The van der Waals surface area contributed by atoms with Gasteiger partial charge in [-0.05, 0) is 27.7 Å². The lowest BCUT2D eigenvalue weighted by atomic mass is 10.2. The lowest BCUT2D eigenvalue weighted by Crippen LogP contribution is -2.12. The van der Waals surface area contributed by atoms with E-state index in [-0.39, 0.29) is 18.4 Å². The molecule has 0 rings (SSSR count). The van der Waals surface area contributed by atoms with Crippen LogP contribution in [-0.4, -0.2) is 23.6 Å². The highest BCUT2D eigenvalue weighted by molar-refractivity contribution is 6.23. The van der Waals surface area contributed by atoms with Gasteiger partial charge < -0.3 is 4.74 Å². The number of hydrogen-bond donors (Lipinski definition) is 0. The molecule has 0 bridgehead atoms. The largest absolute Gasteiger partial charge is 0.466 e. The molecule has 0 spiro atoms. The van der Waals surface area contributed by atoms with Gasteiger partial charge in [-0.3, -0.25) is 4.79 Å². The van der Waals surface area contributed by atoms with E-state index >= 15 is 0 Å². The van der Waals surface area contributed by atoms with Gasteiger partial charge in [0.05, 0.1) is 19.1 Å². The fraction of sp³-hybridized carbons (Fsp3) is 0.889. The van der Waals surface area contributed by atoms with E-state index < -0.39 is 5.00 Å². The van der Waals surface area contributed by atoms with Crippen molar-refractivity contribution in [2.75, 3.05) is 6.61 Å². The monoisotopic (exact) mass is 220 g/mol. The zero-order chi connectivity index (χ0) is 11.2. The van der Waals surface area contributed by atoms with Crippen molar-refractivity contribution >= 4 is 17.6 Å². The van der Waals surface area contributed by atoms with Crippen LogP contribution in [0.15, 0.2) is 10.2 Å². The SMILES string of the molecule is CCOC(=O)CC(C)N=NC(C)(C)Cl. The number of azo groups is 1. The Morgan fingerprint density at radius 1 is 1.57 bits per heavy atom. The van der Waals surface area contributed by atoms with Gasteiger partial charge >= 0.3 is 5.97 Å². The zero-order valence-electron chi connectivity index (χ0n) is 9.08. The molecule has 14 heavy (non-hydrogen) atoms. The first-order valence-electron chi connectivity index (χ1n) is 4.61. The van der Waals surface area contributed by atoms with Gasteiger partial charge in [-0.1, -0.05) is 11.6 Å². The van der Waals surface area contributed by atoms with Crippen molar-refractivity contribution in [3.8, 4) is 0 Å². The van der Waals surface area contributed by atoms with Crippen LogP contribution in [0.2, 0.25) is 0 Å². The summed E-state index contributed by atoms with van der Waals surface area (Å²) in [7, 11) is 0. The maximum Gasteiger partial charge on any atom is 0.308 e. The van der Waals surface area contributed by atoms with E-state index in [9.17, 15) is 4.79 Å². The molecule has 0 aliphatic rings. The van der Waals surface area contributed by atoms with E-state index in [0.717, 1.165) is 0 Å². The highest BCUT2D eigenvalue weighted by Crippen LogP contribution is 2.15. The average Bonchev–Trinajstić information content (AvgIpc) is 2.00. The third kappa shape index (κ3) is 7.98. The van der Waals surface area contributed by atoms with Crippen molar-refractivity contribution in [3.63, 3.8) is 0 Å². The van der Waals surface area contributed by atoms with Crippen LogP contribution in [0.25, 0.3) is 0 Å². The van der Waals surface area contributed by atoms with E-state index in [2.05, 4.69) is 10.2 Å². The van der Waals surface area contributed by atoms with Gasteiger partial charge in [0.25, 0.3) is 0 Å². The van der Waals surface area contributed by atoms with Crippen molar-refractivity contribution in [2.24, 2.45) is 10.2 Å². The number of hydrogen-bond acceptors (Lipinski definition) is 4. The lowest BCUT2D eigenvalue weighted by molar-refractivity contribution is -0.143. The van der Waals surface area contributed by atoms with Crippen molar-refractivity contribution in [2.45, 2.75) is 45.2 Å². The quantitative estimate of drug-likeness (QED) is 0.310. The van der Waals surface area contributed by atoms with Crippen LogP contribution in [0.5, 0.6) is 0 Å². The molecule has 0 amide bonds. The van der Waals surface area contributed by atoms with Gasteiger partial charge in [0.2, 0.25) is 0 Å². The molecule has 0 aromatic heterocycles. The topological polar surface area (TPSA) is 51.0 Å². The molecule has 0 fully saturated rings. The van der Waals surface area contributed by atoms with Crippen LogP contribution in [0.4, 0.5) is 0 Å². The molecule has 1 atom stereocenters. The third-order valence-corrected chi connectivity index (χ3v) is 1.34. The first-order chi connectivity index (χ1) is 6.35. The predicted molar refractivity (Wildman–Crippen MR) is 55.5 cm³/mol. The van der Waals surface area contributed by atoms with Gasteiger partial charge in [0, 0.05) is 0 Å². The van der Waals surface area contributed by atoms with E-state index in [1.807, 2.05) is 0 Å². The summed E-state index contributed by atoms with van der Waals surface area (Å²) in [4.78, 5) is 10.3. The molecule has 0 aromatic carbocycles. The van der Waals surface area contributed by atoms with Crippen LogP contribution in [-0.2, 0) is 9.53 Å². The molecular weight excluding hydrogens is 204 g/mol. The van der Waals surface area contributed by atoms with Gasteiger partial charge in [0.15, 0.2) is 0 Å². The summed E-state index contributed by atoms with van der Waals surface area (Å²) in [5.74, 6) is -0.258. The number of carbonyl (C=O) groups is 1. The molecule has 0 saturated heterocycles. The highest BCUT2D eigenvalue weighted by atomic mass is 35.5. The number of ether oxygens (including phenoxy) is 1. The Labute approximate surface area is 89.7 Å². The molecule has 0 N–H and O–H groups in total. The second kappa shape index (κ2) is 5.96. The second-order valence-corrected chi connectivity index (χ2v) is 4.41. The Hall–Kier alpha value is -0.640. The van der Waals surface area contributed by atoms with Crippen LogP contribution >= 0.6 is 11.6 Å². The summed E-state index contributed by atoms with van der Waals surface area (Å²) in [5, 5.41) is 7.76. The first kappa shape index (κ1) is 13.4. The number of nitrogens with zero attached hydrogens (tertiary/aromatic N) is 2. The fourth-order valence-corrected chi connectivity index (χ4v) is 0.781. The van der Waals surface area contributed by atoms with Crippen LogP contribution in [0.3, 0.4) is 0 Å². The van der Waals surface area contributed by atoms with Crippen molar-refractivity contribution in [3.05, 3.63) is 0 Å². The van der Waals surface area contributed by atoms with Crippen molar-refractivity contribution in [1.29, 1.82) is 0 Å². The lowest BCUT2D eigenvalue weighted by Gasteiger charge is -2.09. The molecule has 5 heteroatoms. The fourth-order valence-electron chi connectivity index (χ4n) is 0.738. The Balaban J connectivity index is 3.92. The zero-order valence-corrected chi connectivity index (χ0v) is 9.84. The summed E-state index contributed by atoms with van der Waals surface area (Å²) in [5.41, 5.74) is 0. The summed E-state index contributed by atoms with van der Waals surface area (Å²) in [6.45, 7) is 7.42. The Kier molecular flexibility index (Phi) is 5.69. The van der Waals surface area contributed by atoms with Crippen LogP contribution in [0, 0.1) is 0 Å². The molecule has 4 nitrogen and oxygen atoms in total.